The van der Waals surface area contributed by atoms with Gasteiger partial charge in [0.1, 0.15) is 0 Å². The molecule has 4 atom stereocenters. The molecule has 0 radical (unpaired) electrons. The van der Waals surface area contributed by atoms with Crippen molar-refractivity contribution in [2.45, 2.75) is 18.8 Å². The maximum atomic E-state index is 14.3. The Balaban J connectivity index is 1.29. The summed E-state index contributed by atoms with van der Waals surface area (Å²) in [6.45, 7) is 0. The third kappa shape index (κ3) is 4.82. The summed E-state index contributed by atoms with van der Waals surface area (Å²) in [7, 11) is 1.43. The molecule has 11 heteroatoms. The number of phenolic OH excluding ortho intramolecular Hbond substituents is 1. The van der Waals surface area contributed by atoms with Gasteiger partial charge in [0.25, 0.3) is 0 Å². The largest absolute Gasteiger partial charge is 0.503 e. The van der Waals surface area contributed by atoms with Crippen molar-refractivity contribution in [1.82, 2.24) is 0 Å². The number of para-hydroxylation sites is 1. The number of allylic oxidation sites excluding steroid dienone is 6. The highest BCUT2D eigenvalue weighted by Crippen LogP contribution is 2.58. The monoisotopic (exact) mass is 806 g/mol. The van der Waals surface area contributed by atoms with E-state index in [1.54, 1.807) is 18.2 Å². The first kappa shape index (κ1) is 30.8. The van der Waals surface area contributed by atoms with Crippen molar-refractivity contribution >= 4 is 88.2 Å². The van der Waals surface area contributed by atoms with Gasteiger partial charge in [0.15, 0.2) is 23.1 Å². The molecule has 0 aromatic heterocycles. The third-order valence-corrected chi connectivity index (χ3v) is 12.0. The molecule has 7 rings (SSSR count). The van der Waals surface area contributed by atoms with E-state index >= 15 is 0 Å². The predicted octanol–water partition coefficient (Wildman–Crippen LogP) is 7.64. The number of methoxy groups -OCH3 is 1. The number of imide groups is 1. The van der Waals surface area contributed by atoms with Crippen molar-refractivity contribution in [2.24, 2.45) is 17.8 Å². The number of benzene rings is 3. The number of rotatable bonds is 5. The lowest BCUT2D eigenvalue weighted by Gasteiger charge is -2.42. The third-order valence-electron chi connectivity index (χ3n) is 9.22. The lowest BCUT2D eigenvalue weighted by atomic mass is 9.59. The summed E-state index contributed by atoms with van der Waals surface area (Å²) in [5, 5.41) is 14.0. The first-order valence-electron chi connectivity index (χ1n) is 14.5. The van der Waals surface area contributed by atoms with Gasteiger partial charge in [0, 0.05) is 39.0 Å². The number of hydrogen-bond acceptors (Lipinski definition) is 7. The van der Waals surface area contributed by atoms with Crippen molar-refractivity contribution in [3.63, 3.8) is 0 Å². The molecule has 1 heterocycles. The zero-order valence-electron chi connectivity index (χ0n) is 24.2. The van der Waals surface area contributed by atoms with E-state index in [1.165, 1.54) is 18.1 Å². The number of ether oxygens (including phenoxy) is 1. The number of carbonyl (C=O) groups is 4. The normalized spacial score (nSPS) is 23.9. The minimum Gasteiger partial charge on any atom is -0.503 e. The molecule has 0 bridgehead atoms. The molecule has 2 amide bonds. The molecular formula is C35H25Br3N2O6. The van der Waals surface area contributed by atoms with Gasteiger partial charge >= 0.3 is 0 Å². The maximum Gasteiger partial charge on any atom is 0.238 e. The highest BCUT2D eigenvalue weighted by Gasteiger charge is 2.57. The van der Waals surface area contributed by atoms with Crippen LogP contribution >= 0.6 is 47.8 Å². The van der Waals surface area contributed by atoms with Gasteiger partial charge in [-0.2, -0.15) is 0 Å². The number of anilines is 3. The SMILES string of the molecule is COc1cc(C2C3=CCC4C(=O)N(c5ccc(Nc6ccccc6)cc5)C(=O)C4C3CC3=C2C(=O)C=C(Br)C3=O)c(Br)c(Br)c1O. The summed E-state index contributed by atoms with van der Waals surface area (Å²) in [6, 6.07) is 18.5. The molecule has 232 valence electrons. The Bertz CT molecular complexity index is 1950. The number of carbonyl (C=O) groups excluding carboxylic acids is 4. The number of halogens is 3. The summed E-state index contributed by atoms with van der Waals surface area (Å²) in [5.74, 6) is -3.75. The van der Waals surface area contributed by atoms with Crippen LogP contribution in [0.5, 0.6) is 11.5 Å². The quantitative estimate of drug-likeness (QED) is 0.155. The average Bonchev–Trinajstić information content (AvgIpc) is 3.32. The zero-order chi connectivity index (χ0) is 32.4. The van der Waals surface area contributed by atoms with Crippen LogP contribution in [-0.4, -0.2) is 35.6 Å². The van der Waals surface area contributed by atoms with Gasteiger partial charge < -0.3 is 15.2 Å². The number of fused-ring (bicyclic) bond motifs is 3. The Morgan fingerprint density at radius 2 is 1.59 bits per heavy atom. The number of Topliss-reactive ketones (excluding diaryl/α,β-unsaturated/α-hetero) is 1. The molecule has 2 N–H and O–H groups in total. The van der Waals surface area contributed by atoms with E-state index in [2.05, 4.69) is 53.1 Å². The smallest absolute Gasteiger partial charge is 0.238 e. The Labute approximate surface area is 289 Å². The van der Waals surface area contributed by atoms with Crippen LogP contribution in [0.3, 0.4) is 0 Å². The first-order chi connectivity index (χ1) is 22.1. The van der Waals surface area contributed by atoms with Crippen molar-refractivity contribution < 1.29 is 29.0 Å². The molecule has 3 aromatic rings. The standard InChI is InChI=1S/C35H25Br3N2O6/c1-46-26-14-22(30(37)31(38)33(26)43)27-19-11-12-20-28(21(19)13-23-29(27)25(41)15-24(36)32(23)42)35(45)40(34(20)44)18-9-7-17(8-10-18)39-16-5-3-2-4-6-16/h2-11,14-15,20-21,27-28,39,43H,12-13H2,1H3. The van der Waals surface area contributed by atoms with Crippen LogP contribution in [0.2, 0.25) is 0 Å². The fraction of sp³-hybridized carbons (Fsp3) is 0.200. The minimum atomic E-state index is -0.722. The van der Waals surface area contributed by atoms with Gasteiger partial charge in [-0.1, -0.05) is 29.8 Å². The maximum absolute atomic E-state index is 14.3. The van der Waals surface area contributed by atoms with E-state index in [0.29, 0.717) is 37.8 Å². The van der Waals surface area contributed by atoms with E-state index in [9.17, 15) is 24.3 Å². The van der Waals surface area contributed by atoms with Crippen molar-refractivity contribution in [2.75, 3.05) is 17.3 Å². The van der Waals surface area contributed by atoms with E-state index in [-0.39, 0.29) is 45.8 Å². The molecule has 1 saturated heterocycles. The molecule has 1 fully saturated rings. The second-order valence-electron chi connectivity index (χ2n) is 11.6. The summed E-state index contributed by atoms with van der Waals surface area (Å²) < 4.78 is 6.40. The highest BCUT2D eigenvalue weighted by molar-refractivity contribution is 9.13. The average molecular weight is 809 g/mol. The summed E-state index contributed by atoms with van der Waals surface area (Å²) >= 11 is 10.3. The number of ketones is 2. The van der Waals surface area contributed by atoms with Gasteiger partial charge in [0.05, 0.1) is 33.6 Å². The van der Waals surface area contributed by atoms with Gasteiger partial charge in [-0.3, -0.25) is 24.1 Å². The molecular weight excluding hydrogens is 784 g/mol. The van der Waals surface area contributed by atoms with Gasteiger partial charge in [-0.15, -0.1) is 0 Å². The fourth-order valence-corrected chi connectivity index (χ4v) is 8.58. The summed E-state index contributed by atoms with van der Waals surface area (Å²) in [4.78, 5) is 56.6. The molecule has 4 unspecified atom stereocenters. The number of amides is 2. The van der Waals surface area contributed by atoms with Crippen LogP contribution in [0.4, 0.5) is 17.1 Å². The second kappa shape index (κ2) is 11.8. The lowest BCUT2D eigenvalue weighted by Crippen LogP contribution is -2.39. The number of hydrogen-bond donors (Lipinski definition) is 2. The van der Waals surface area contributed by atoms with E-state index < -0.39 is 23.7 Å². The number of nitrogens with zero attached hydrogens (tertiary/aromatic N) is 1. The Morgan fingerprint density at radius 3 is 2.28 bits per heavy atom. The lowest BCUT2D eigenvalue weighted by molar-refractivity contribution is -0.123. The van der Waals surface area contributed by atoms with Crippen LogP contribution in [0.1, 0.15) is 24.3 Å². The van der Waals surface area contributed by atoms with E-state index in [4.69, 9.17) is 4.74 Å². The molecule has 3 aliphatic carbocycles. The zero-order valence-corrected chi connectivity index (χ0v) is 29.0. The summed E-state index contributed by atoms with van der Waals surface area (Å²) in [6.07, 6.45) is 3.68. The molecule has 0 saturated carbocycles. The van der Waals surface area contributed by atoms with Crippen LogP contribution in [0.25, 0.3) is 0 Å². The molecule has 3 aromatic carbocycles. The Morgan fingerprint density at radius 1 is 0.891 bits per heavy atom. The topological polar surface area (TPSA) is 113 Å². The van der Waals surface area contributed by atoms with Crippen molar-refractivity contribution in [1.29, 1.82) is 0 Å². The summed E-state index contributed by atoms with van der Waals surface area (Å²) in [5.41, 5.74) is 4.22. The Kier molecular flexibility index (Phi) is 7.89. The number of aromatic hydroxyl groups is 1. The van der Waals surface area contributed by atoms with Gasteiger partial charge in [-0.05, 0) is 115 Å². The minimum absolute atomic E-state index is 0.122. The molecule has 8 nitrogen and oxygen atoms in total. The van der Waals surface area contributed by atoms with Gasteiger partial charge in [0.2, 0.25) is 11.8 Å². The first-order valence-corrected chi connectivity index (χ1v) is 16.9. The number of nitrogens with one attached hydrogen (secondary N) is 1. The van der Waals surface area contributed by atoms with Gasteiger partial charge in [-0.25, -0.2) is 0 Å². The van der Waals surface area contributed by atoms with Crippen molar-refractivity contribution in [3.05, 3.63) is 109 Å². The highest BCUT2D eigenvalue weighted by atomic mass is 79.9. The van der Waals surface area contributed by atoms with Crippen molar-refractivity contribution in [3.8, 4) is 11.5 Å². The Hall–Kier alpha value is -3.80. The van der Waals surface area contributed by atoms with Crippen LogP contribution in [0.15, 0.2) is 103 Å². The predicted molar refractivity (Wildman–Crippen MR) is 183 cm³/mol. The molecule has 1 aliphatic heterocycles. The molecule has 46 heavy (non-hydrogen) atoms. The van der Waals surface area contributed by atoms with E-state index in [1.807, 2.05) is 48.5 Å². The second-order valence-corrected chi connectivity index (χ2v) is 14.0. The fourth-order valence-electron chi connectivity index (χ4n) is 7.18. The molecule has 0 spiro atoms. The van der Waals surface area contributed by atoms with Crippen LogP contribution < -0.4 is 15.0 Å². The van der Waals surface area contributed by atoms with E-state index in [0.717, 1.165) is 16.9 Å². The van der Waals surface area contributed by atoms with Crippen LogP contribution in [-0.2, 0) is 19.2 Å². The van der Waals surface area contributed by atoms with Crippen LogP contribution in [0, 0.1) is 17.8 Å². The number of phenols is 1. The molecule has 4 aliphatic rings.